The molecule has 0 aromatic heterocycles. The van der Waals surface area contributed by atoms with E-state index in [0.717, 1.165) is 0 Å². The number of fused-ring (bicyclic) bond motifs is 3. The molecule has 170 valence electrons. The summed E-state index contributed by atoms with van der Waals surface area (Å²) < 4.78 is 11.3. The molecule has 35 heavy (non-hydrogen) atoms. The molecule has 2 N–H and O–H groups in total. The highest BCUT2D eigenvalue weighted by Gasteiger charge is 2.50. The van der Waals surface area contributed by atoms with Crippen LogP contribution in [0.3, 0.4) is 0 Å². The van der Waals surface area contributed by atoms with Crippen LogP contribution in [0.4, 0.5) is 0 Å². The highest BCUT2D eigenvalue weighted by Crippen LogP contribution is 2.52. The fourth-order valence-electron chi connectivity index (χ4n) is 5.10. The van der Waals surface area contributed by atoms with Crippen LogP contribution in [0.2, 0.25) is 0 Å². The van der Waals surface area contributed by atoms with Crippen LogP contribution in [0, 0.1) is 0 Å². The number of esters is 1. The molecule has 0 radical (unpaired) electrons. The fourth-order valence-corrected chi connectivity index (χ4v) is 5.10. The van der Waals surface area contributed by atoms with Crippen LogP contribution in [-0.2, 0) is 15.1 Å². The maximum Gasteiger partial charge on any atom is 0.340 e. The third kappa shape index (κ3) is 2.90. The number of ether oxygens (including phenoxy) is 2. The number of aromatic hydroxyl groups is 2. The van der Waals surface area contributed by atoms with Gasteiger partial charge in [-0.05, 0) is 53.2 Å². The van der Waals surface area contributed by atoms with Gasteiger partial charge in [0.05, 0.1) is 5.56 Å². The lowest BCUT2D eigenvalue weighted by Gasteiger charge is -2.32. The minimum Gasteiger partial charge on any atom is -0.507 e. The second-order valence-corrected chi connectivity index (χ2v) is 8.35. The van der Waals surface area contributed by atoms with Crippen LogP contribution in [0.15, 0.2) is 91.0 Å². The van der Waals surface area contributed by atoms with Crippen LogP contribution in [0.5, 0.6) is 17.2 Å². The van der Waals surface area contributed by atoms with Gasteiger partial charge >= 0.3 is 5.97 Å². The van der Waals surface area contributed by atoms with Crippen LogP contribution < -0.4 is 4.74 Å². The van der Waals surface area contributed by atoms with Gasteiger partial charge in [-0.3, -0.25) is 4.79 Å². The van der Waals surface area contributed by atoms with E-state index in [9.17, 15) is 19.8 Å². The van der Waals surface area contributed by atoms with Gasteiger partial charge in [0, 0.05) is 27.5 Å². The Labute approximate surface area is 199 Å². The van der Waals surface area contributed by atoms with Gasteiger partial charge in [0.1, 0.15) is 17.2 Å². The Morgan fingerprint density at radius 3 is 1.74 bits per heavy atom. The van der Waals surface area contributed by atoms with Gasteiger partial charge in [0.25, 0.3) is 6.47 Å². The SMILES string of the molecule is O=COc1ccc2c(c1)C(=O)OC2(c1ccc(O)c2ccccc12)c1ccc(O)c2ccccc12. The zero-order valence-corrected chi connectivity index (χ0v) is 18.3. The predicted molar refractivity (Wildman–Crippen MR) is 130 cm³/mol. The summed E-state index contributed by atoms with van der Waals surface area (Å²) in [5.74, 6) is -0.146. The Balaban J connectivity index is 1.78. The summed E-state index contributed by atoms with van der Waals surface area (Å²) in [5, 5.41) is 23.7. The molecular weight excluding hydrogens is 444 g/mol. The first-order valence-corrected chi connectivity index (χ1v) is 10.9. The van der Waals surface area contributed by atoms with Crippen molar-refractivity contribution in [3.05, 3.63) is 113 Å². The van der Waals surface area contributed by atoms with E-state index in [-0.39, 0.29) is 22.8 Å². The van der Waals surface area contributed by atoms with Gasteiger partial charge in [0.2, 0.25) is 0 Å². The lowest BCUT2D eigenvalue weighted by atomic mass is 9.76. The molecule has 5 aromatic carbocycles. The smallest absolute Gasteiger partial charge is 0.340 e. The zero-order valence-electron chi connectivity index (χ0n) is 18.3. The number of phenols is 2. The van der Waals surface area contributed by atoms with Crippen molar-refractivity contribution in [2.24, 2.45) is 0 Å². The molecule has 6 nitrogen and oxygen atoms in total. The Hall–Kier alpha value is -4.84. The summed E-state index contributed by atoms with van der Waals surface area (Å²) in [6.45, 7) is 0.302. The van der Waals surface area contributed by atoms with Crippen molar-refractivity contribution in [2.45, 2.75) is 5.60 Å². The Morgan fingerprint density at radius 2 is 1.20 bits per heavy atom. The number of carbonyl (C=O) groups excluding carboxylic acids is 2. The van der Waals surface area contributed by atoms with Crippen molar-refractivity contribution in [3.63, 3.8) is 0 Å². The molecule has 0 amide bonds. The first-order chi connectivity index (χ1) is 17.0. The minimum absolute atomic E-state index is 0.106. The maximum atomic E-state index is 13.3. The molecule has 0 aliphatic carbocycles. The van der Waals surface area contributed by atoms with Gasteiger partial charge in [-0.2, -0.15) is 0 Å². The van der Waals surface area contributed by atoms with E-state index in [0.29, 0.717) is 44.7 Å². The van der Waals surface area contributed by atoms with Crippen LogP contribution in [0.1, 0.15) is 27.0 Å². The third-order valence-corrected chi connectivity index (χ3v) is 6.58. The molecule has 6 heteroatoms. The van der Waals surface area contributed by atoms with Crippen molar-refractivity contribution in [2.75, 3.05) is 0 Å². The standard InChI is InChI=1S/C29H18O6/c30-16-34-17-9-10-25-22(15-17)28(33)35-29(25,23-11-13-26(31)20-7-3-1-5-18(20)23)24-12-14-27(32)21-8-4-2-6-19(21)24/h1-16,31-32H. The van der Waals surface area contributed by atoms with E-state index in [1.165, 1.54) is 6.07 Å². The molecular formula is C29H18O6. The van der Waals surface area contributed by atoms with E-state index < -0.39 is 11.6 Å². The molecule has 0 spiro atoms. The highest BCUT2D eigenvalue weighted by atomic mass is 16.6. The van der Waals surface area contributed by atoms with Gasteiger partial charge in [-0.25, -0.2) is 4.79 Å². The van der Waals surface area contributed by atoms with Crippen molar-refractivity contribution in [3.8, 4) is 17.2 Å². The van der Waals surface area contributed by atoms with Gasteiger partial charge in [-0.15, -0.1) is 0 Å². The molecule has 6 rings (SSSR count). The summed E-state index contributed by atoms with van der Waals surface area (Å²) in [5.41, 5.74) is 0.731. The zero-order chi connectivity index (χ0) is 24.2. The molecule has 0 fully saturated rings. The second-order valence-electron chi connectivity index (χ2n) is 8.35. The van der Waals surface area contributed by atoms with E-state index in [1.807, 2.05) is 36.4 Å². The Kier molecular flexibility index (Phi) is 4.50. The largest absolute Gasteiger partial charge is 0.507 e. The normalized spacial score (nSPS) is 14.0. The highest BCUT2D eigenvalue weighted by molar-refractivity contribution is 6.02. The average Bonchev–Trinajstić information content (AvgIpc) is 3.17. The first kappa shape index (κ1) is 20.7. The van der Waals surface area contributed by atoms with Crippen LogP contribution in [-0.4, -0.2) is 22.7 Å². The predicted octanol–water partition coefficient (Wildman–Crippen LogP) is 5.40. The summed E-state index contributed by atoms with van der Waals surface area (Å²) in [6.07, 6.45) is 0. The van der Waals surface area contributed by atoms with E-state index in [4.69, 9.17) is 9.47 Å². The maximum absolute atomic E-state index is 13.3. The number of phenolic OH excluding ortho intramolecular Hbond substituents is 2. The van der Waals surface area contributed by atoms with E-state index >= 15 is 0 Å². The van der Waals surface area contributed by atoms with Gasteiger partial charge in [0.15, 0.2) is 5.60 Å². The minimum atomic E-state index is -1.40. The lowest BCUT2D eigenvalue weighted by Crippen LogP contribution is -2.30. The summed E-state index contributed by atoms with van der Waals surface area (Å²) in [7, 11) is 0. The second kappa shape index (κ2) is 7.60. The monoisotopic (exact) mass is 462 g/mol. The van der Waals surface area contributed by atoms with Crippen molar-refractivity contribution in [1.82, 2.24) is 0 Å². The number of hydrogen-bond donors (Lipinski definition) is 2. The quantitative estimate of drug-likeness (QED) is 0.274. The molecule has 0 bridgehead atoms. The van der Waals surface area contributed by atoms with Gasteiger partial charge in [-0.1, -0.05) is 48.5 Å². The van der Waals surface area contributed by atoms with Crippen LogP contribution >= 0.6 is 0 Å². The number of hydrogen-bond acceptors (Lipinski definition) is 6. The Bertz CT molecular complexity index is 1580. The molecule has 1 aliphatic rings. The number of benzene rings is 5. The van der Waals surface area contributed by atoms with E-state index in [1.54, 1.807) is 48.5 Å². The molecule has 0 saturated heterocycles. The molecule has 1 aliphatic heterocycles. The molecule has 0 saturated carbocycles. The average molecular weight is 462 g/mol. The van der Waals surface area contributed by atoms with Crippen molar-refractivity contribution < 1.29 is 29.3 Å². The van der Waals surface area contributed by atoms with Crippen molar-refractivity contribution in [1.29, 1.82) is 0 Å². The molecule has 0 atom stereocenters. The summed E-state index contributed by atoms with van der Waals surface area (Å²) in [6, 6.07) is 26.2. The first-order valence-electron chi connectivity index (χ1n) is 10.9. The molecule has 0 unspecified atom stereocenters. The number of rotatable bonds is 4. The van der Waals surface area contributed by atoms with Crippen molar-refractivity contribution >= 4 is 34.0 Å². The number of cyclic esters (lactones) is 1. The van der Waals surface area contributed by atoms with E-state index in [2.05, 4.69) is 0 Å². The third-order valence-electron chi connectivity index (χ3n) is 6.58. The topological polar surface area (TPSA) is 93.1 Å². The molecule has 5 aromatic rings. The molecule has 1 heterocycles. The summed E-state index contributed by atoms with van der Waals surface area (Å²) in [4.78, 5) is 24.2. The lowest BCUT2D eigenvalue weighted by molar-refractivity contribution is -0.120. The van der Waals surface area contributed by atoms with Gasteiger partial charge < -0.3 is 19.7 Å². The van der Waals surface area contributed by atoms with Crippen LogP contribution in [0.25, 0.3) is 21.5 Å². The fraction of sp³-hybridized carbons (Fsp3) is 0.0345. The number of carbonyl (C=O) groups is 2. The summed E-state index contributed by atoms with van der Waals surface area (Å²) >= 11 is 0. The Morgan fingerprint density at radius 1 is 0.686 bits per heavy atom.